The highest BCUT2D eigenvalue weighted by molar-refractivity contribution is 5.91. The summed E-state index contributed by atoms with van der Waals surface area (Å²) in [6, 6.07) is 12.8. The largest absolute Gasteiger partial charge is 0.339 e. The Labute approximate surface area is 100 Å². The van der Waals surface area contributed by atoms with Gasteiger partial charge in [-0.2, -0.15) is 0 Å². The van der Waals surface area contributed by atoms with Crippen LogP contribution in [0.4, 0.5) is 0 Å². The maximum Gasteiger partial charge on any atom is 0.164 e. The van der Waals surface area contributed by atoms with E-state index in [1.165, 1.54) is 21.9 Å². The van der Waals surface area contributed by atoms with Gasteiger partial charge in [0.2, 0.25) is 0 Å². The molecule has 1 saturated heterocycles. The third-order valence-electron chi connectivity index (χ3n) is 3.68. The number of hydrogen-bond donors (Lipinski definition) is 0. The number of ether oxygens (including phenoxy) is 2. The van der Waals surface area contributed by atoms with Crippen molar-refractivity contribution in [3.63, 3.8) is 0 Å². The molecule has 0 radical (unpaired) electrons. The Kier molecular flexibility index (Phi) is 1.64. The monoisotopic (exact) mass is 226 g/mol. The minimum absolute atomic E-state index is 0.0612. The highest BCUT2D eigenvalue weighted by Crippen LogP contribution is 2.54. The Morgan fingerprint density at radius 1 is 0.882 bits per heavy atom. The van der Waals surface area contributed by atoms with Crippen molar-refractivity contribution in [1.29, 1.82) is 0 Å². The molecule has 86 valence electrons. The van der Waals surface area contributed by atoms with Gasteiger partial charge in [0, 0.05) is 0 Å². The predicted octanol–water partition coefficient (Wildman–Crippen LogP) is 3.72. The molecular weight excluding hydrogens is 212 g/mol. The van der Waals surface area contributed by atoms with E-state index in [2.05, 4.69) is 36.4 Å². The SMILES string of the molecule is CC1(C)O[C@@H]2c3cccc4cccc(c34)[C@@H]2O1. The average molecular weight is 226 g/mol. The third-order valence-corrected chi connectivity index (χ3v) is 3.68. The first kappa shape index (κ1) is 9.63. The van der Waals surface area contributed by atoms with Gasteiger partial charge < -0.3 is 9.47 Å². The molecule has 4 rings (SSSR count). The first-order chi connectivity index (χ1) is 8.16. The second-order valence-corrected chi connectivity index (χ2v) is 5.27. The fourth-order valence-corrected chi connectivity index (χ4v) is 3.09. The average Bonchev–Trinajstić information content (AvgIpc) is 2.75. The summed E-state index contributed by atoms with van der Waals surface area (Å²) in [4.78, 5) is 0. The van der Waals surface area contributed by atoms with Gasteiger partial charge in [-0.1, -0.05) is 36.4 Å². The van der Waals surface area contributed by atoms with Crippen molar-refractivity contribution in [3.05, 3.63) is 47.5 Å². The summed E-state index contributed by atoms with van der Waals surface area (Å²) in [6.45, 7) is 3.96. The quantitative estimate of drug-likeness (QED) is 0.681. The van der Waals surface area contributed by atoms with Gasteiger partial charge in [-0.05, 0) is 35.7 Å². The van der Waals surface area contributed by atoms with Crippen LogP contribution in [0.15, 0.2) is 36.4 Å². The van der Waals surface area contributed by atoms with Crippen molar-refractivity contribution in [3.8, 4) is 0 Å². The standard InChI is InChI=1S/C15H14O2/c1-15(2)16-13-10-7-3-5-9-6-4-8-11(12(9)10)14(13)17-15/h3-8,13-14H,1-2H3/t13-,14+. The summed E-state index contributed by atoms with van der Waals surface area (Å²) in [5, 5.41) is 2.60. The van der Waals surface area contributed by atoms with Gasteiger partial charge in [-0.15, -0.1) is 0 Å². The van der Waals surface area contributed by atoms with Crippen molar-refractivity contribution in [2.45, 2.75) is 31.8 Å². The lowest BCUT2D eigenvalue weighted by molar-refractivity contribution is -0.147. The molecule has 2 aromatic carbocycles. The summed E-state index contributed by atoms with van der Waals surface area (Å²) in [6.07, 6.45) is 0.122. The molecule has 0 N–H and O–H groups in total. The first-order valence-electron chi connectivity index (χ1n) is 6.03. The normalized spacial score (nSPS) is 28.6. The third kappa shape index (κ3) is 1.17. The first-order valence-corrected chi connectivity index (χ1v) is 6.03. The maximum absolute atomic E-state index is 6.02. The van der Waals surface area contributed by atoms with Crippen molar-refractivity contribution in [1.82, 2.24) is 0 Å². The Balaban J connectivity index is 2.01. The molecule has 0 saturated carbocycles. The van der Waals surface area contributed by atoms with Crippen LogP contribution in [0.5, 0.6) is 0 Å². The topological polar surface area (TPSA) is 18.5 Å². The van der Waals surface area contributed by atoms with Gasteiger partial charge in [-0.25, -0.2) is 0 Å². The Bertz CT molecular complexity index is 567. The molecule has 2 nitrogen and oxygen atoms in total. The molecular formula is C15H14O2. The van der Waals surface area contributed by atoms with Gasteiger partial charge in [0.1, 0.15) is 12.2 Å². The molecule has 0 bridgehead atoms. The Hall–Kier alpha value is -1.38. The zero-order chi connectivity index (χ0) is 11.6. The van der Waals surface area contributed by atoms with Crippen LogP contribution in [0.3, 0.4) is 0 Å². The van der Waals surface area contributed by atoms with Crippen LogP contribution < -0.4 is 0 Å². The van der Waals surface area contributed by atoms with E-state index in [1.54, 1.807) is 0 Å². The minimum atomic E-state index is -0.481. The molecule has 2 aliphatic rings. The lowest BCUT2D eigenvalue weighted by atomic mass is 10.0. The lowest BCUT2D eigenvalue weighted by Gasteiger charge is -2.18. The molecule has 17 heavy (non-hydrogen) atoms. The molecule has 1 aliphatic carbocycles. The van der Waals surface area contributed by atoms with Crippen molar-refractivity contribution < 1.29 is 9.47 Å². The minimum Gasteiger partial charge on any atom is -0.339 e. The molecule has 0 aromatic heterocycles. The smallest absolute Gasteiger partial charge is 0.164 e. The van der Waals surface area contributed by atoms with Gasteiger partial charge in [0.25, 0.3) is 0 Å². The van der Waals surface area contributed by atoms with Crippen LogP contribution >= 0.6 is 0 Å². The fraction of sp³-hybridized carbons (Fsp3) is 0.333. The van der Waals surface area contributed by atoms with Gasteiger partial charge in [0.15, 0.2) is 5.79 Å². The van der Waals surface area contributed by atoms with E-state index in [9.17, 15) is 0 Å². The van der Waals surface area contributed by atoms with E-state index >= 15 is 0 Å². The summed E-state index contributed by atoms with van der Waals surface area (Å²) >= 11 is 0. The molecule has 0 unspecified atom stereocenters. The van der Waals surface area contributed by atoms with Crippen LogP contribution in [-0.2, 0) is 9.47 Å². The molecule has 1 aliphatic heterocycles. The van der Waals surface area contributed by atoms with Gasteiger partial charge in [0.05, 0.1) is 0 Å². The molecule has 1 heterocycles. The Morgan fingerprint density at radius 2 is 1.41 bits per heavy atom. The van der Waals surface area contributed by atoms with Crippen LogP contribution in [0.2, 0.25) is 0 Å². The molecule has 0 amide bonds. The van der Waals surface area contributed by atoms with E-state index in [0.717, 1.165) is 0 Å². The fourth-order valence-electron chi connectivity index (χ4n) is 3.09. The second kappa shape index (κ2) is 2.89. The van der Waals surface area contributed by atoms with E-state index < -0.39 is 5.79 Å². The molecule has 1 fully saturated rings. The number of rotatable bonds is 0. The molecule has 2 aromatic rings. The van der Waals surface area contributed by atoms with Crippen LogP contribution in [0, 0.1) is 0 Å². The van der Waals surface area contributed by atoms with Crippen LogP contribution in [0.25, 0.3) is 10.8 Å². The van der Waals surface area contributed by atoms with Crippen LogP contribution in [0.1, 0.15) is 37.2 Å². The second-order valence-electron chi connectivity index (χ2n) is 5.27. The number of benzene rings is 2. The van der Waals surface area contributed by atoms with E-state index in [1.807, 2.05) is 13.8 Å². The maximum atomic E-state index is 6.02. The van der Waals surface area contributed by atoms with Crippen LogP contribution in [-0.4, -0.2) is 5.79 Å². The molecule has 0 spiro atoms. The number of fused-ring (bicyclic) bond motifs is 3. The zero-order valence-corrected chi connectivity index (χ0v) is 9.94. The summed E-state index contributed by atoms with van der Waals surface area (Å²) in [5.41, 5.74) is 2.54. The Morgan fingerprint density at radius 3 is 1.94 bits per heavy atom. The summed E-state index contributed by atoms with van der Waals surface area (Å²) in [7, 11) is 0. The van der Waals surface area contributed by atoms with Crippen molar-refractivity contribution in [2.24, 2.45) is 0 Å². The molecule has 2 atom stereocenters. The van der Waals surface area contributed by atoms with Gasteiger partial charge in [-0.3, -0.25) is 0 Å². The number of hydrogen-bond acceptors (Lipinski definition) is 2. The lowest BCUT2D eigenvalue weighted by Crippen LogP contribution is -2.20. The van der Waals surface area contributed by atoms with E-state index in [0.29, 0.717) is 0 Å². The van der Waals surface area contributed by atoms with Crippen molar-refractivity contribution >= 4 is 10.8 Å². The summed E-state index contributed by atoms with van der Waals surface area (Å²) in [5.74, 6) is -0.481. The summed E-state index contributed by atoms with van der Waals surface area (Å²) < 4.78 is 12.0. The highest BCUT2D eigenvalue weighted by Gasteiger charge is 2.47. The molecule has 2 heteroatoms. The van der Waals surface area contributed by atoms with Crippen molar-refractivity contribution in [2.75, 3.05) is 0 Å². The predicted molar refractivity (Wildman–Crippen MR) is 65.7 cm³/mol. The van der Waals surface area contributed by atoms with E-state index in [4.69, 9.17) is 9.47 Å². The van der Waals surface area contributed by atoms with Gasteiger partial charge >= 0.3 is 0 Å². The van der Waals surface area contributed by atoms with E-state index in [-0.39, 0.29) is 12.2 Å². The highest BCUT2D eigenvalue weighted by atomic mass is 16.8. The zero-order valence-electron chi connectivity index (χ0n) is 9.94.